The van der Waals surface area contributed by atoms with Crippen LogP contribution in [0, 0.1) is 13.8 Å². The van der Waals surface area contributed by atoms with Gasteiger partial charge in [-0.05, 0) is 49.2 Å². The van der Waals surface area contributed by atoms with E-state index in [0.717, 1.165) is 27.6 Å². The zero-order valence-electron chi connectivity index (χ0n) is 16.7. The summed E-state index contributed by atoms with van der Waals surface area (Å²) >= 11 is 12.2. The Kier molecular flexibility index (Phi) is 5.85. The molecule has 0 unspecified atom stereocenters. The third-order valence-electron chi connectivity index (χ3n) is 5.28. The molecule has 30 heavy (non-hydrogen) atoms. The molecule has 0 bridgehead atoms. The number of fused-ring (bicyclic) bond motifs is 1. The molecule has 0 fully saturated rings. The fourth-order valence-corrected chi connectivity index (χ4v) is 3.99. The number of ether oxygens (including phenoxy) is 1. The molecule has 0 amide bonds. The summed E-state index contributed by atoms with van der Waals surface area (Å²) in [6.07, 6.45) is 0.539. The molecule has 0 N–H and O–H groups in total. The molecule has 0 radical (unpaired) electrons. The van der Waals surface area contributed by atoms with Gasteiger partial charge in [0.25, 0.3) is 0 Å². The molecule has 152 valence electrons. The van der Waals surface area contributed by atoms with Gasteiger partial charge in [-0.1, -0.05) is 59.6 Å². The minimum Gasteiger partial charge on any atom is -0.488 e. The van der Waals surface area contributed by atoms with E-state index in [-0.39, 0.29) is 12.2 Å². The van der Waals surface area contributed by atoms with Crippen molar-refractivity contribution in [1.82, 2.24) is 0 Å². The summed E-state index contributed by atoms with van der Waals surface area (Å²) in [5, 5.41) is 2.04. The minimum atomic E-state index is -0.315. The molecule has 0 saturated heterocycles. The van der Waals surface area contributed by atoms with E-state index in [0.29, 0.717) is 33.4 Å². The second kappa shape index (κ2) is 8.55. The molecule has 4 rings (SSSR count). The van der Waals surface area contributed by atoms with E-state index in [1.807, 2.05) is 62.4 Å². The SMILES string of the molecule is Cc1c(Cc2ccccc2)c(=O)oc2c(C)c(OCc3ccc(Cl)cc3Cl)ccc12. The van der Waals surface area contributed by atoms with Crippen molar-refractivity contribution in [2.24, 2.45) is 0 Å². The molecule has 0 saturated carbocycles. The Bertz CT molecular complexity index is 1280. The Labute approximate surface area is 184 Å². The standard InChI is InChI=1S/C25H20Cl2O3/c1-15-20-10-11-23(29-14-18-8-9-19(26)13-22(18)27)16(2)24(20)30-25(28)21(15)12-17-6-4-3-5-7-17/h3-11,13H,12,14H2,1-2H3. The number of rotatable bonds is 5. The summed E-state index contributed by atoms with van der Waals surface area (Å²) in [5.74, 6) is 0.645. The first kappa shape index (κ1) is 20.5. The highest BCUT2D eigenvalue weighted by molar-refractivity contribution is 6.35. The molecule has 1 heterocycles. The summed E-state index contributed by atoms with van der Waals surface area (Å²) in [6.45, 7) is 4.14. The van der Waals surface area contributed by atoms with Crippen molar-refractivity contribution in [2.45, 2.75) is 26.9 Å². The molecule has 3 aromatic carbocycles. The first-order valence-corrected chi connectivity index (χ1v) is 10.4. The van der Waals surface area contributed by atoms with E-state index in [9.17, 15) is 4.79 Å². The summed E-state index contributed by atoms with van der Waals surface area (Å²) in [6, 6.07) is 19.0. The van der Waals surface area contributed by atoms with Crippen LogP contribution in [0.25, 0.3) is 11.0 Å². The Morgan fingerprint density at radius 3 is 2.43 bits per heavy atom. The van der Waals surface area contributed by atoms with E-state index in [4.69, 9.17) is 32.4 Å². The van der Waals surface area contributed by atoms with Crippen molar-refractivity contribution in [3.8, 4) is 5.75 Å². The van der Waals surface area contributed by atoms with E-state index in [2.05, 4.69) is 0 Å². The first-order valence-electron chi connectivity index (χ1n) is 9.60. The molecule has 5 heteroatoms. The molecule has 0 atom stereocenters. The maximum Gasteiger partial charge on any atom is 0.340 e. The number of hydrogen-bond acceptors (Lipinski definition) is 3. The molecule has 3 nitrogen and oxygen atoms in total. The van der Waals surface area contributed by atoms with Gasteiger partial charge in [0.2, 0.25) is 0 Å². The van der Waals surface area contributed by atoms with Crippen molar-refractivity contribution in [3.63, 3.8) is 0 Å². The van der Waals surface area contributed by atoms with Crippen molar-refractivity contribution >= 4 is 34.2 Å². The minimum absolute atomic E-state index is 0.289. The predicted octanol–water partition coefficient (Wildman–Crippen LogP) is 6.89. The number of halogens is 2. The van der Waals surface area contributed by atoms with Crippen molar-refractivity contribution in [3.05, 3.63) is 109 Å². The molecule has 1 aromatic heterocycles. The molecular weight excluding hydrogens is 419 g/mol. The van der Waals surface area contributed by atoms with Crippen LogP contribution in [0.15, 0.2) is 69.9 Å². The average molecular weight is 439 g/mol. The molecule has 0 aliphatic heterocycles. The second-order valence-corrected chi connectivity index (χ2v) is 8.09. The van der Waals surface area contributed by atoms with E-state index < -0.39 is 0 Å². The predicted molar refractivity (Wildman–Crippen MR) is 122 cm³/mol. The third-order valence-corrected chi connectivity index (χ3v) is 5.86. The van der Waals surface area contributed by atoms with E-state index in [1.54, 1.807) is 12.1 Å². The van der Waals surface area contributed by atoms with Gasteiger partial charge < -0.3 is 9.15 Å². The smallest absolute Gasteiger partial charge is 0.340 e. The van der Waals surface area contributed by atoms with Gasteiger partial charge in [-0.3, -0.25) is 0 Å². The highest BCUT2D eigenvalue weighted by Gasteiger charge is 2.16. The highest BCUT2D eigenvalue weighted by atomic mass is 35.5. The van der Waals surface area contributed by atoms with Crippen LogP contribution in [0.5, 0.6) is 5.75 Å². The first-order chi connectivity index (χ1) is 14.4. The molecule has 0 aliphatic carbocycles. The van der Waals surface area contributed by atoms with E-state index >= 15 is 0 Å². The lowest BCUT2D eigenvalue weighted by atomic mass is 9.98. The molecular formula is C25H20Cl2O3. The normalized spacial score (nSPS) is 11.1. The van der Waals surface area contributed by atoms with Crippen LogP contribution in [0.1, 0.15) is 27.8 Å². The Morgan fingerprint density at radius 2 is 1.70 bits per heavy atom. The van der Waals surface area contributed by atoms with Crippen LogP contribution in [0.2, 0.25) is 10.0 Å². The monoisotopic (exact) mass is 438 g/mol. The maximum absolute atomic E-state index is 12.7. The zero-order valence-corrected chi connectivity index (χ0v) is 18.2. The molecule has 0 spiro atoms. The highest BCUT2D eigenvalue weighted by Crippen LogP contribution is 2.31. The van der Waals surface area contributed by atoms with Crippen molar-refractivity contribution in [2.75, 3.05) is 0 Å². The van der Waals surface area contributed by atoms with Crippen LogP contribution >= 0.6 is 23.2 Å². The van der Waals surface area contributed by atoms with Gasteiger partial charge in [-0.15, -0.1) is 0 Å². The lowest BCUT2D eigenvalue weighted by Crippen LogP contribution is -2.11. The van der Waals surface area contributed by atoms with Crippen LogP contribution in [0.3, 0.4) is 0 Å². The Hall–Kier alpha value is -2.75. The van der Waals surface area contributed by atoms with Crippen LogP contribution in [-0.4, -0.2) is 0 Å². The van der Waals surface area contributed by atoms with Gasteiger partial charge >= 0.3 is 5.63 Å². The topological polar surface area (TPSA) is 39.4 Å². The zero-order chi connectivity index (χ0) is 21.3. The van der Waals surface area contributed by atoms with Gasteiger partial charge in [0.15, 0.2) is 0 Å². The summed E-state index contributed by atoms with van der Waals surface area (Å²) in [7, 11) is 0. The third kappa shape index (κ3) is 4.09. The van der Waals surface area contributed by atoms with Crippen LogP contribution in [0.4, 0.5) is 0 Å². The van der Waals surface area contributed by atoms with Gasteiger partial charge in [-0.25, -0.2) is 4.79 Å². The molecule has 4 aromatic rings. The largest absolute Gasteiger partial charge is 0.488 e. The quantitative estimate of drug-likeness (QED) is 0.318. The average Bonchev–Trinajstić information content (AvgIpc) is 2.73. The van der Waals surface area contributed by atoms with Gasteiger partial charge in [0.1, 0.15) is 17.9 Å². The van der Waals surface area contributed by atoms with Gasteiger partial charge in [-0.2, -0.15) is 0 Å². The number of hydrogen-bond donors (Lipinski definition) is 0. The lowest BCUT2D eigenvalue weighted by molar-refractivity contribution is 0.304. The maximum atomic E-state index is 12.7. The Balaban J connectivity index is 1.67. The fourth-order valence-electron chi connectivity index (χ4n) is 3.53. The van der Waals surface area contributed by atoms with Crippen molar-refractivity contribution < 1.29 is 9.15 Å². The summed E-state index contributed by atoms with van der Waals surface area (Å²) in [4.78, 5) is 12.7. The van der Waals surface area contributed by atoms with Gasteiger partial charge in [0.05, 0.1) is 0 Å². The number of benzene rings is 3. The lowest BCUT2D eigenvalue weighted by Gasteiger charge is -2.14. The number of aryl methyl sites for hydroxylation is 2. The van der Waals surface area contributed by atoms with Crippen LogP contribution in [-0.2, 0) is 13.0 Å². The van der Waals surface area contributed by atoms with Gasteiger partial charge in [0, 0.05) is 38.5 Å². The van der Waals surface area contributed by atoms with E-state index in [1.165, 1.54) is 0 Å². The molecule has 0 aliphatic rings. The summed E-state index contributed by atoms with van der Waals surface area (Å²) in [5.41, 5.74) is 4.53. The fraction of sp³-hybridized carbons (Fsp3) is 0.160. The Morgan fingerprint density at radius 1 is 0.933 bits per heavy atom. The van der Waals surface area contributed by atoms with Crippen molar-refractivity contribution in [1.29, 1.82) is 0 Å². The summed E-state index contributed by atoms with van der Waals surface area (Å²) < 4.78 is 11.7. The van der Waals surface area contributed by atoms with Crippen LogP contribution < -0.4 is 10.4 Å². The second-order valence-electron chi connectivity index (χ2n) is 7.25.